The SMILES string of the molecule is Cc1cc(C)nc(N(C)CCC[C@@H]2CCCO2)n1. The van der Waals surface area contributed by atoms with Crippen LogP contribution in [0.3, 0.4) is 0 Å². The van der Waals surface area contributed by atoms with Crippen LogP contribution in [0.4, 0.5) is 5.95 Å². The van der Waals surface area contributed by atoms with E-state index in [2.05, 4.69) is 21.9 Å². The molecular weight excluding hydrogens is 226 g/mol. The molecule has 1 fully saturated rings. The van der Waals surface area contributed by atoms with Gasteiger partial charge in [0, 0.05) is 31.6 Å². The van der Waals surface area contributed by atoms with Crippen LogP contribution in [0.5, 0.6) is 0 Å². The topological polar surface area (TPSA) is 38.2 Å². The second-order valence-corrected chi connectivity index (χ2v) is 5.15. The molecule has 0 aromatic carbocycles. The molecular formula is C14H23N3O. The number of anilines is 1. The quantitative estimate of drug-likeness (QED) is 0.803. The molecule has 1 aliphatic heterocycles. The Morgan fingerprint density at radius 2 is 2.06 bits per heavy atom. The van der Waals surface area contributed by atoms with E-state index in [0.29, 0.717) is 6.10 Å². The Hall–Kier alpha value is -1.16. The van der Waals surface area contributed by atoms with Gasteiger partial charge in [-0.15, -0.1) is 0 Å². The predicted octanol–water partition coefficient (Wildman–Crippen LogP) is 2.49. The minimum absolute atomic E-state index is 0.485. The van der Waals surface area contributed by atoms with Gasteiger partial charge in [-0.2, -0.15) is 0 Å². The number of rotatable bonds is 5. The van der Waals surface area contributed by atoms with Crippen LogP contribution >= 0.6 is 0 Å². The number of hydrogen-bond donors (Lipinski definition) is 0. The Balaban J connectivity index is 1.81. The van der Waals surface area contributed by atoms with Gasteiger partial charge in [-0.1, -0.05) is 0 Å². The molecule has 0 saturated carbocycles. The first kappa shape index (κ1) is 13.3. The highest BCUT2D eigenvalue weighted by molar-refractivity contribution is 5.30. The van der Waals surface area contributed by atoms with Crippen LogP contribution in [0.25, 0.3) is 0 Å². The molecule has 0 bridgehead atoms. The van der Waals surface area contributed by atoms with E-state index in [9.17, 15) is 0 Å². The lowest BCUT2D eigenvalue weighted by Crippen LogP contribution is -2.22. The maximum atomic E-state index is 5.63. The van der Waals surface area contributed by atoms with Gasteiger partial charge in [0.25, 0.3) is 0 Å². The first-order chi connectivity index (χ1) is 8.65. The van der Waals surface area contributed by atoms with Crippen LogP contribution in [0.15, 0.2) is 6.07 Å². The van der Waals surface area contributed by atoms with Crippen LogP contribution in [0.2, 0.25) is 0 Å². The van der Waals surface area contributed by atoms with Crippen molar-refractivity contribution in [2.45, 2.75) is 45.6 Å². The van der Waals surface area contributed by atoms with Crippen molar-refractivity contribution in [3.8, 4) is 0 Å². The summed E-state index contributed by atoms with van der Waals surface area (Å²) in [6, 6.07) is 2.00. The molecule has 1 aromatic rings. The lowest BCUT2D eigenvalue weighted by atomic mass is 10.1. The summed E-state index contributed by atoms with van der Waals surface area (Å²) in [5.41, 5.74) is 2.06. The van der Waals surface area contributed by atoms with Gasteiger partial charge in [-0.05, 0) is 45.6 Å². The van der Waals surface area contributed by atoms with Crippen LogP contribution < -0.4 is 4.90 Å². The van der Waals surface area contributed by atoms with Crippen molar-refractivity contribution in [1.82, 2.24) is 9.97 Å². The van der Waals surface area contributed by atoms with Crippen molar-refractivity contribution in [3.05, 3.63) is 17.5 Å². The summed E-state index contributed by atoms with van der Waals surface area (Å²) >= 11 is 0. The summed E-state index contributed by atoms with van der Waals surface area (Å²) in [4.78, 5) is 11.1. The predicted molar refractivity (Wildman–Crippen MR) is 73.0 cm³/mol. The molecule has 0 N–H and O–H groups in total. The maximum Gasteiger partial charge on any atom is 0.225 e. The first-order valence-corrected chi connectivity index (χ1v) is 6.80. The number of aryl methyl sites for hydroxylation is 2. The average molecular weight is 249 g/mol. The van der Waals surface area contributed by atoms with E-state index < -0.39 is 0 Å². The Kier molecular flexibility index (Phi) is 4.53. The second kappa shape index (κ2) is 6.14. The minimum Gasteiger partial charge on any atom is -0.378 e. The zero-order valence-corrected chi connectivity index (χ0v) is 11.6. The fraction of sp³-hybridized carbons (Fsp3) is 0.714. The monoisotopic (exact) mass is 249 g/mol. The number of aromatic nitrogens is 2. The molecule has 100 valence electrons. The van der Waals surface area contributed by atoms with E-state index in [-0.39, 0.29) is 0 Å². The molecule has 1 aromatic heterocycles. The van der Waals surface area contributed by atoms with E-state index in [1.807, 2.05) is 19.9 Å². The third kappa shape index (κ3) is 3.67. The Labute approximate surface area is 109 Å². The number of hydrogen-bond acceptors (Lipinski definition) is 4. The van der Waals surface area contributed by atoms with Crippen molar-refractivity contribution < 1.29 is 4.74 Å². The molecule has 4 nitrogen and oxygen atoms in total. The van der Waals surface area contributed by atoms with Gasteiger partial charge in [0.05, 0.1) is 6.10 Å². The summed E-state index contributed by atoms with van der Waals surface area (Å²) in [6.07, 6.45) is 5.22. The molecule has 1 aliphatic rings. The molecule has 0 spiro atoms. The van der Waals surface area contributed by atoms with Crippen LogP contribution in [0, 0.1) is 13.8 Å². The Morgan fingerprint density at radius 3 is 2.67 bits per heavy atom. The number of nitrogens with zero attached hydrogens (tertiary/aromatic N) is 3. The lowest BCUT2D eigenvalue weighted by Gasteiger charge is -2.18. The van der Waals surface area contributed by atoms with Crippen LogP contribution in [-0.4, -0.2) is 36.3 Å². The largest absolute Gasteiger partial charge is 0.378 e. The zero-order valence-electron chi connectivity index (χ0n) is 11.6. The highest BCUT2D eigenvalue weighted by Crippen LogP contribution is 2.17. The van der Waals surface area contributed by atoms with Gasteiger partial charge >= 0.3 is 0 Å². The molecule has 1 saturated heterocycles. The summed E-state index contributed by atoms with van der Waals surface area (Å²) in [5.74, 6) is 0.833. The smallest absolute Gasteiger partial charge is 0.225 e. The molecule has 2 heterocycles. The molecule has 0 unspecified atom stereocenters. The van der Waals surface area contributed by atoms with Crippen LogP contribution in [-0.2, 0) is 4.74 Å². The Bertz CT molecular complexity index is 368. The van der Waals surface area contributed by atoms with Crippen LogP contribution in [0.1, 0.15) is 37.1 Å². The fourth-order valence-electron chi connectivity index (χ4n) is 2.41. The van der Waals surface area contributed by atoms with Gasteiger partial charge in [-0.3, -0.25) is 0 Å². The number of ether oxygens (including phenoxy) is 1. The summed E-state index contributed by atoms with van der Waals surface area (Å²) in [7, 11) is 2.06. The normalized spacial score (nSPS) is 19.2. The average Bonchev–Trinajstić information content (AvgIpc) is 2.80. The van der Waals surface area contributed by atoms with Gasteiger partial charge in [-0.25, -0.2) is 9.97 Å². The maximum absolute atomic E-state index is 5.63. The molecule has 1 atom stereocenters. The third-order valence-corrected chi connectivity index (χ3v) is 3.36. The molecule has 18 heavy (non-hydrogen) atoms. The standard InChI is InChI=1S/C14H23N3O/c1-11-10-12(2)16-14(15-11)17(3)8-4-6-13-7-5-9-18-13/h10,13H,4-9H2,1-3H3/t13-/m1/s1. The van der Waals surface area contributed by atoms with Crippen molar-refractivity contribution in [1.29, 1.82) is 0 Å². The van der Waals surface area contributed by atoms with E-state index >= 15 is 0 Å². The summed E-state index contributed by atoms with van der Waals surface area (Å²) in [5, 5.41) is 0. The molecule has 0 aliphatic carbocycles. The molecule has 0 amide bonds. The van der Waals surface area contributed by atoms with E-state index in [1.54, 1.807) is 0 Å². The zero-order chi connectivity index (χ0) is 13.0. The van der Waals surface area contributed by atoms with Gasteiger partial charge in [0.1, 0.15) is 0 Å². The Morgan fingerprint density at radius 1 is 1.33 bits per heavy atom. The second-order valence-electron chi connectivity index (χ2n) is 5.15. The highest BCUT2D eigenvalue weighted by Gasteiger charge is 2.15. The minimum atomic E-state index is 0.485. The third-order valence-electron chi connectivity index (χ3n) is 3.36. The van der Waals surface area contributed by atoms with E-state index in [1.165, 1.54) is 12.8 Å². The molecule has 4 heteroatoms. The van der Waals surface area contributed by atoms with Crippen molar-refractivity contribution in [2.75, 3.05) is 25.1 Å². The fourth-order valence-corrected chi connectivity index (χ4v) is 2.41. The first-order valence-electron chi connectivity index (χ1n) is 6.80. The van der Waals surface area contributed by atoms with Gasteiger partial charge in [0.15, 0.2) is 0 Å². The van der Waals surface area contributed by atoms with Crippen molar-refractivity contribution >= 4 is 5.95 Å². The van der Waals surface area contributed by atoms with Gasteiger partial charge in [0.2, 0.25) is 5.95 Å². The van der Waals surface area contributed by atoms with Crippen molar-refractivity contribution in [3.63, 3.8) is 0 Å². The summed E-state index contributed by atoms with van der Waals surface area (Å²) < 4.78 is 5.63. The summed E-state index contributed by atoms with van der Waals surface area (Å²) in [6.45, 7) is 5.96. The van der Waals surface area contributed by atoms with E-state index in [0.717, 1.165) is 43.3 Å². The lowest BCUT2D eigenvalue weighted by molar-refractivity contribution is 0.103. The highest BCUT2D eigenvalue weighted by atomic mass is 16.5. The van der Waals surface area contributed by atoms with Crippen molar-refractivity contribution in [2.24, 2.45) is 0 Å². The van der Waals surface area contributed by atoms with Gasteiger partial charge < -0.3 is 9.64 Å². The van der Waals surface area contributed by atoms with E-state index in [4.69, 9.17) is 4.74 Å². The molecule has 0 radical (unpaired) electrons. The molecule has 2 rings (SSSR count).